The van der Waals surface area contributed by atoms with Gasteiger partial charge in [0.25, 0.3) is 0 Å². The van der Waals surface area contributed by atoms with Crippen molar-refractivity contribution in [2.24, 2.45) is 0 Å². The van der Waals surface area contributed by atoms with Gasteiger partial charge >= 0.3 is 19.5 Å². The van der Waals surface area contributed by atoms with Gasteiger partial charge in [-0.2, -0.15) is 23.7 Å². The first kappa shape index (κ1) is 25.9. The lowest BCUT2D eigenvalue weighted by atomic mass is 10.2. The van der Waals surface area contributed by atoms with Crippen LogP contribution in [-0.2, 0) is 10.7 Å². The second kappa shape index (κ2) is 9.65. The summed E-state index contributed by atoms with van der Waals surface area (Å²) < 4.78 is 60.9. The molecule has 0 heterocycles. The summed E-state index contributed by atoms with van der Waals surface area (Å²) in [5.74, 6) is -1.28. The van der Waals surface area contributed by atoms with Crippen molar-refractivity contribution in [3.05, 3.63) is 57.1 Å². The Hall–Kier alpha value is -3.35. The van der Waals surface area contributed by atoms with E-state index in [0.29, 0.717) is 12.1 Å². The maximum atomic E-state index is 12.8. The van der Waals surface area contributed by atoms with Gasteiger partial charge in [0.1, 0.15) is 11.5 Å². The molecule has 2 aromatic carbocycles. The van der Waals surface area contributed by atoms with Crippen LogP contribution in [0.4, 0.5) is 18.9 Å². The zero-order valence-electron chi connectivity index (χ0n) is 16.1. The minimum atomic E-state index is -5.32. The fraction of sp³-hybridized carbons (Fsp3) is 0.222. The van der Waals surface area contributed by atoms with E-state index in [1.165, 1.54) is 12.1 Å². The minimum absolute atomic E-state index is 0.259. The number of rotatable bonds is 8. The molecule has 15 heteroatoms. The van der Waals surface area contributed by atoms with Crippen molar-refractivity contribution in [2.75, 3.05) is 0 Å². The van der Waals surface area contributed by atoms with E-state index in [1.54, 1.807) is 0 Å². The Labute approximate surface area is 188 Å². The van der Waals surface area contributed by atoms with Crippen LogP contribution < -0.4 is 9.47 Å². The highest BCUT2D eigenvalue weighted by Crippen LogP contribution is 2.56. The van der Waals surface area contributed by atoms with E-state index in [-0.39, 0.29) is 11.5 Å². The predicted octanol–water partition coefficient (Wildman–Crippen LogP) is 5.14. The van der Waals surface area contributed by atoms with E-state index in [1.807, 2.05) is 0 Å². The zero-order valence-corrected chi connectivity index (χ0v) is 17.8. The van der Waals surface area contributed by atoms with Crippen LogP contribution in [0.1, 0.15) is 18.4 Å². The van der Waals surface area contributed by atoms with Crippen LogP contribution in [0.25, 0.3) is 0 Å². The van der Waals surface area contributed by atoms with Crippen LogP contribution >= 0.6 is 19.2 Å². The summed E-state index contributed by atoms with van der Waals surface area (Å²) in [6, 6.07) is 7.82. The van der Waals surface area contributed by atoms with Crippen LogP contribution in [0.15, 0.2) is 36.4 Å². The molecule has 33 heavy (non-hydrogen) atoms. The van der Waals surface area contributed by atoms with Gasteiger partial charge in [-0.25, -0.2) is 0 Å². The first-order valence-corrected chi connectivity index (χ1v) is 10.5. The van der Waals surface area contributed by atoms with E-state index >= 15 is 0 Å². The Kier molecular flexibility index (Phi) is 7.57. The molecule has 0 saturated carbocycles. The van der Waals surface area contributed by atoms with Crippen molar-refractivity contribution in [3.8, 4) is 29.4 Å². The summed E-state index contributed by atoms with van der Waals surface area (Å²) in [6.45, 7) is 0. The maximum absolute atomic E-state index is 12.8. The highest BCUT2D eigenvalue weighted by atomic mass is 35.5. The Balaban J connectivity index is 2.53. The van der Waals surface area contributed by atoms with Gasteiger partial charge in [-0.1, -0.05) is 11.6 Å². The number of alkyl halides is 3. The molecule has 174 valence electrons. The third-order valence-electron chi connectivity index (χ3n) is 4.16. The van der Waals surface area contributed by atoms with E-state index in [0.717, 1.165) is 24.3 Å². The molecule has 0 fully saturated rings. The molecule has 0 saturated heterocycles. The van der Waals surface area contributed by atoms with Crippen LogP contribution in [0.5, 0.6) is 17.2 Å². The molecule has 0 bridgehead atoms. The number of halogens is 4. The molecular formula is C18H12ClF3N3O7P. The Bertz CT molecular complexity index is 1190. The quantitative estimate of drug-likeness (QED) is 0.280. The minimum Gasteiger partial charge on any atom is -0.465 e. The van der Waals surface area contributed by atoms with Crippen LogP contribution in [-0.4, -0.2) is 20.1 Å². The summed E-state index contributed by atoms with van der Waals surface area (Å²) >= 11 is 5.82. The zero-order chi connectivity index (χ0) is 25.0. The average molecular weight is 506 g/mol. The lowest BCUT2D eigenvalue weighted by Crippen LogP contribution is -2.35. The topological polar surface area (TPSA) is 167 Å². The highest BCUT2D eigenvalue weighted by Gasteiger charge is 2.51. The van der Waals surface area contributed by atoms with Gasteiger partial charge in [0.2, 0.25) is 11.1 Å². The van der Waals surface area contributed by atoms with E-state index in [2.05, 4.69) is 0 Å². The fourth-order valence-corrected chi connectivity index (χ4v) is 3.52. The molecule has 2 rings (SSSR count). The van der Waals surface area contributed by atoms with Crippen molar-refractivity contribution < 1.29 is 41.9 Å². The van der Waals surface area contributed by atoms with Crippen molar-refractivity contribution in [1.29, 1.82) is 10.5 Å². The van der Waals surface area contributed by atoms with Gasteiger partial charge < -0.3 is 19.3 Å². The van der Waals surface area contributed by atoms with Crippen LogP contribution in [0, 0.1) is 32.8 Å². The third kappa shape index (κ3) is 5.92. The second-order valence-corrected chi connectivity index (χ2v) is 8.70. The van der Waals surface area contributed by atoms with Crippen LogP contribution in [0.2, 0.25) is 5.02 Å². The molecule has 0 aliphatic rings. The van der Waals surface area contributed by atoms with Gasteiger partial charge in [-0.3, -0.25) is 14.7 Å². The molecule has 0 atom stereocenters. The first-order chi connectivity index (χ1) is 15.2. The van der Waals surface area contributed by atoms with Crippen molar-refractivity contribution in [2.45, 2.75) is 24.4 Å². The summed E-state index contributed by atoms with van der Waals surface area (Å²) in [7, 11) is -5.32. The maximum Gasteiger partial charge on any atom is 0.416 e. The van der Waals surface area contributed by atoms with Crippen LogP contribution in [0.3, 0.4) is 0 Å². The van der Waals surface area contributed by atoms with Crippen molar-refractivity contribution >= 4 is 24.9 Å². The van der Waals surface area contributed by atoms with E-state index in [9.17, 15) is 37.6 Å². The monoisotopic (exact) mass is 505 g/mol. The second-order valence-electron chi connectivity index (χ2n) is 6.39. The number of nitrogens with zero attached hydrogens (tertiary/aromatic N) is 3. The van der Waals surface area contributed by atoms with Gasteiger partial charge in [0.05, 0.1) is 40.5 Å². The number of ether oxygens (including phenoxy) is 2. The van der Waals surface area contributed by atoms with Gasteiger partial charge in [0.15, 0.2) is 0 Å². The van der Waals surface area contributed by atoms with Gasteiger partial charge in [-0.05, 0) is 24.3 Å². The number of hydrogen-bond donors (Lipinski definition) is 2. The van der Waals surface area contributed by atoms with Gasteiger partial charge in [-0.15, -0.1) is 0 Å². The normalized spacial score (nSPS) is 11.9. The molecule has 0 unspecified atom stereocenters. The SMILES string of the molecule is N#CCC(CC#N)(Oc1cc(Oc2ccc(C(F)(F)F)cc2Cl)ccc1[N+](=O)[O-])P(=O)(O)O. The summed E-state index contributed by atoms with van der Waals surface area (Å²) in [5.41, 5.74) is -1.83. The molecule has 10 nitrogen and oxygen atoms in total. The average Bonchev–Trinajstić information content (AvgIpc) is 2.68. The smallest absolute Gasteiger partial charge is 0.416 e. The number of hydrogen-bond acceptors (Lipinski definition) is 7. The summed E-state index contributed by atoms with van der Waals surface area (Å²) in [6.07, 6.45) is -6.64. The Morgan fingerprint density at radius 1 is 1.09 bits per heavy atom. The molecular weight excluding hydrogens is 494 g/mol. The number of benzene rings is 2. The van der Waals surface area contributed by atoms with Crippen molar-refractivity contribution in [3.63, 3.8) is 0 Å². The fourth-order valence-electron chi connectivity index (χ4n) is 2.53. The highest BCUT2D eigenvalue weighted by molar-refractivity contribution is 7.53. The first-order valence-electron chi connectivity index (χ1n) is 8.55. The molecule has 0 aromatic heterocycles. The Morgan fingerprint density at radius 2 is 1.70 bits per heavy atom. The number of nitriles is 2. The molecule has 0 radical (unpaired) electrons. The predicted molar refractivity (Wildman–Crippen MR) is 105 cm³/mol. The Morgan fingerprint density at radius 3 is 2.15 bits per heavy atom. The number of nitro groups is 1. The summed E-state index contributed by atoms with van der Waals surface area (Å²) in [5, 5.41) is 26.1. The van der Waals surface area contributed by atoms with Crippen molar-refractivity contribution in [1.82, 2.24) is 0 Å². The molecule has 2 N–H and O–H groups in total. The standard InChI is InChI=1S/C18H12ClF3N3O7P/c19-13-9-11(18(20,21)22)1-4-15(13)31-12-2-3-14(25(26)27)16(10-12)32-17(5-7-23,6-8-24)33(28,29)30/h1-4,9-10H,5-6H2,(H2,28,29,30). The molecule has 0 amide bonds. The third-order valence-corrected chi connectivity index (χ3v) is 5.92. The lowest BCUT2D eigenvalue weighted by molar-refractivity contribution is -0.386. The summed E-state index contributed by atoms with van der Waals surface area (Å²) in [4.78, 5) is 29.8. The lowest BCUT2D eigenvalue weighted by Gasteiger charge is -2.30. The number of nitro benzene ring substituents is 1. The molecule has 0 aliphatic heterocycles. The van der Waals surface area contributed by atoms with Gasteiger partial charge in [0, 0.05) is 12.1 Å². The van der Waals surface area contributed by atoms with E-state index in [4.69, 9.17) is 31.6 Å². The molecule has 0 aliphatic carbocycles. The largest absolute Gasteiger partial charge is 0.465 e. The molecule has 2 aromatic rings. The van der Waals surface area contributed by atoms with E-state index < -0.39 is 58.9 Å². The molecule has 0 spiro atoms.